The molecular formula is C26H29FN6O2. The van der Waals surface area contributed by atoms with E-state index in [-0.39, 0.29) is 11.8 Å². The lowest BCUT2D eigenvalue weighted by Gasteiger charge is -2.13. The zero-order chi connectivity index (χ0) is 24.9. The Hall–Kier alpha value is -4.14. The highest BCUT2D eigenvalue weighted by Crippen LogP contribution is 2.30. The third-order valence-electron chi connectivity index (χ3n) is 5.83. The van der Waals surface area contributed by atoms with Gasteiger partial charge in [0.05, 0.1) is 24.0 Å². The van der Waals surface area contributed by atoms with Gasteiger partial charge in [0.1, 0.15) is 23.7 Å². The smallest absolute Gasteiger partial charge is 0.319 e. The van der Waals surface area contributed by atoms with Crippen LogP contribution < -0.4 is 20.7 Å². The average molecular weight is 477 g/mol. The van der Waals surface area contributed by atoms with Crippen LogP contribution in [0.15, 0.2) is 48.8 Å². The standard InChI is InChI=1S/C26H29FN6O2/c1-5-28-26(34)32-21-9-7-18(13-23(21)35-4)22-14-24(31-15-30-22)29-10-11-33-17(3)12-19-16(2)6-8-20(27)25(19)33/h6-9,12-15H,5,10-11H2,1-4H3,(H2,28,32,34)(H,29,30,31). The number of methoxy groups -OCH3 is 1. The number of nitrogens with zero attached hydrogens (tertiary/aromatic N) is 3. The van der Waals surface area contributed by atoms with E-state index in [2.05, 4.69) is 25.9 Å². The van der Waals surface area contributed by atoms with Crippen LogP contribution in [0.25, 0.3) is 22.2 Å². The molecule has 2 aromatic carbocycles. The van der Waals surface area contributed by atoms with Crippen molar-refractivity contribution in [2.24, 2.45) is 0 Å². The highest BCUT2D eigenvalue weighted by atomic mass is 19.1. The van der Waals surface area contributed by atoms with Crippen molar-refractivity contribution in [3.8, 4) is 17.0 Å². The number of carbonyl (C=O) groups is 1. The van der Waals surface area contributed by atoms with Gasteiger partial charge < -0.3 is 25.3 Å². The van der Waals surface area contributed by atoms with Gasteiger partial charge in [0.15, 0.2) is 0 Å². The summed E-state index contributed by atoms with van der Waals surface area (Å²) in [5.74, 6) is 0.959. The number of carbonyl (C=O) groups excluding carboxylic acids is 1. The van der Waals surface area contributed by atoms with E-state index in [1.54, 1.807) is 19.2 Å². The zero-order valence-corrected chi connectivity index (χ0v) is 20.3. The van der Waals surface area contributed by atoms with Crippen molar-refractivity contribution in [1.82, 2.24) is 19.9 Å². The average Bonchev–Trinajstić information content (AvgIpc) is 3.19. The van der Waals surface area contributed by atoms with Crippen molar-refractivity contribution in [1.29, 1.82) is 0 Å². The summed E-state index contributed by atoms with van der Waals surface area (Å²) in [5.41, 5.74) is 4.77. The van der Waals surface area contributed by atoms with Crippen molar-refractivity contribution in [2.45, 2.75) is 27.3 Å². The van der Waals surface area contributed by atoms with Crippen LogP contribution in [0.3, 0.4) is 0 Å². The maximum Gasteiger partial charge on any atom is 0.319 e. The van der Waals surface area contributed by atoms with Gasteiger partial charge in [0, 0.05) is 42.3 Å². The van der Waals surface area contributed by atoms with Crippen LogP contribution in [0, 0.1) is 19.7 Å². The molecule has 0 saturated carbocycles. The number of ether oxygens (including phenoxy) is 1. The van der Waals surface area contributed by atoms with Gasteiger partial charge in [-0.1, -0.05) is 12.1 Å². The first kappa shape index (κ1) is 24.0. The van der Waals surface area contributed by atoms with E-state index >= 15 is 0 Å². The van der Waals surface area contributed by atoms with Crippen molar-refractivity contribution >= 4 is 28.4 Å². The summed E-state index contributed by atoms with van der Waals surface area (Å²) in [6, 6.07) is 12.3. The maximum atomic E-state index is 14.5. The van der Waals surface area contributed by atoms with Crippen LogP contribution in [-0.4, -0.2) is 40.8 Å². The Labute approximate surface area is 203 Å². The summed E-state index contributed by atoms with van der Waals surface area (Å²) in [6.07, 6.45) is 1.49. The highest BCUT2D eigenvalue weighted by molar-refractivity contribution is 5.91. The molecule has 182 valence electrons. The molecule has 35 heavy (non-hydrogen) atoms. The molecular weight excluding hydrogens is 447 g/mol. The second-order valence-corrected chi connectivity index (χ2v) is 8.18. The van der Waals surface area contributed by atoms with E-state index in [4.69, 9.17) is 4.74 Å². The van der Waals surface area contributed by atoms with Crippen LogP contribution in [0.1, 0.15) is 18.2 Å². The minimum Gasteiger partial charge on any atom is -0.495 e. The van der Waals surface area contributed by atoms with Crippen molar-refractivity contribution < 1.29 is 13.9 Å². The molecule has 0 spiro atoms. The number of aryl methyl sites for hydroxylation is 2. The predicted octanol–water partition coefficient (Wildman–Crippen LogP) is 5.12. The largest absolute Gasteiger partial charge is 0.495 e. The molecule has 0 aliphatic heterocycles. The Bertz CT molecular complexity index is 1370. The molecule has 3 N–H and O–H groups in total. The molecule has 0 atom stereocenters. The predicted molar refractivity (Wildman–Crippen MR) is 137 cm³/mol. The Kier molecular flexibility index (Phi) is 7.14. The molecule has 2 heterocycles. The van der Waals surface area contributed by atoms with Gasteiger partial charge in [0.2, 0.25) is 0 Å². The molecule has 0 aliphatic carbocycles. The summed E-state index contributed by atoms with van der Waals surface area (Å²) >= 11 is 0. The maximum absolute atomic E-state index is 14.5. The third-order valence-corrected chi connectivity index (χ3v) is 5.83. The van der Waals surface area contributed by atoms with Crippen LogP contribution in [-0.2, 0) is 6.54 Å². The normalized spacial score (nSPS) is 10.9. The Balaban J connectivity index is 1.49. The number of benzene rings is 2. The fraction of sp³-hybridized carbons (Fsp3) is 0.269. The van der Waals surface area contributed by atoms with Crippen LogP contribution in [0.5, 0.6) is 5.75 Å². The number of fused-ring (bicyclic) bond motifs is 1. The fourth-order valence-electron chi connectivity index (χ4n) is 4.08. The van der Waals surface area contributed by atoms with Crippen LogP contribution in [0.4, 0.5) is 20.7 Å². The van der Waals surface area contributed by atoms with Crippen molar-refractivity contribution in [3.63, 3.8) is 0 Å². The number of rotatable bonds is 8. The minimum atomic E-state index is -0.298. The zero-order valence-electron chi connectivity index (χ0n) is 20.3. The Morgan fingerprint density at radius 1 is 1.11 bits per heavy atom. The van der Waals surface area contributed by atoms with Gasteiger partial charge in [0.25, 0.3) is 0 Å². The van der Waals surface area contributed by atoms with E-state index < -0.39 is 0 Å². The molecule has 0 fully saturated rings. The van der Waals surface area contributed by atoms with Gasteiger partial charge in [-0.05, 0) is 50.6 Å². The molecule has 0 radical (unpaired) electrons. The Morgan fingerprint density at radius 3 is 2.71 bits per heavy atom. The number of aromatic nitrogens is 3. The van der Waals surface area contributed by atoms with E-state index in [9.17, 15) is 9.18 Å². The third kappa shape index (κ3) is 5.18. The van der Waals surface area contributed by atoms with Gasteiger partial charge in [-0.3, -0.25) is 0 Å². The number of hydrogen-bond acceptors (Lipinski definition) is 5. The summed E-state index contributed by atoms with van der Waals surface area (Å²) in [6.45, 7) is 7.50. The van der Waals surface area contributed by atoms with Crippen molar-refractivity contribution in [2.75, 3.05) is 30.8 Å². The molecule has 0 unspecified atom stereocenters. The van der Waals surface area contributed by atoms with E-state index in [0.717, 1.165) is 22.2 Å². The molecule has 9 heteroatoms. The lowest BCUT2D eigenvalue weighted by Crippen LogP contribution is -2.28. The summed E-state index contributed by atoms with van der Waals surface area (Å²) in [4.78, 5) is 20.6. The van der Waals surface area contributed by atoms with Crippen molar-refractivity contribution in [3.05, 3.63) is 65.9 Å². The molecule has 4 aromatic rings. The molecule has 4 rings (SSSR count). The quantitative estimate of drug-likeness (QED) is 0.328. The first-order valence-electron chi connectivity index (χ1n) is 11.5. The molecule has 0 bridgehead atoms. The lowest BCUT2D eigenvalue weighted by molar-refractivity contribution is 0.252. The second kappa shape index (κ2) is 10.4. The van der Waals surface area contributed by atoms with Crippen LogP contribution >= 0.6 is 0 Å². The topological polar surface area (TPSA) is 93.1 Å². The van der Waals surface area contributed by atoms with Gasteiger partial charge in [-0.25, -0.2) is 19.2 Å². The fourth-order valence-corrected chi connectivity index (χ4v) is 4.08. The monoisotopic (exact) mass is 476 g/mol. The van der Waals surface area contributed by atoms with E-state index in [1.807, 2.05) is 49.6 Å². The van der Waals surface area contributed by atoms with E-state index in [0.29, 0.717) is 48.1 Å². The molecule has 2 aromatic heterocycles. The summed E-state index contributed by atoms with van der Waals surface area (Å²) < 4.78 is 22.0. The summed E-state index contributed by atoms with van der Waals surface area (Å²) in [5, 5.41) is 9.70. The number of urea groups is 1. The SMILES string of the molecule is CCNC(=O)Nc1ccc(-c2cc(NCCn3c(C)cc4c(C)ccc(F)c43)ncn2)cc1OC. The van der Waals surface area contributed by atoms with Gasteiger partial charge >= 0.3 is 6.03 Å². The highest BCUT2D eigenvalue weighted by Gasteiger charge is 2.13. The summed E-state index contributed by atoms with van der Waals surface area (Å²) in [7, 11) is 1.55. The minimum absolute atomic E-state index is 0.220. The molecule has 0 aliphatic rings. The number of hydrogen-bond donors (Lipinski definition) is 3. The van der Waals surface area contributed by atoms with Crippen LogP contribution in [0.2, 0.25) is 0 Å². The number of amides is 2. The first-order valence-corrected chi connectivity index (χ1v) is 11.5. The lowest BCUT2D eigenvalue weighted by atomic mass is 10.1. The van der Waals surface area contributed by atoms with Gasteiger partial charge in [-0.15, -0.1) is 0 Å². The van der Waals surface area contributed by atoms with E-state index in [1.165, 1.54) is 12.4 Å². The first-order chi connectivity index (χ1) is 16.9. The number of anilines is 2. The number of nitrogens with one attached hydrogen (secondary N) is 3. The second-order valence-electron chi connectivity index (χ2n) is 8.18. The number of halogens is 1. The molecule has 8 nitrogen and oxygen atoms in total. The Morgan fingerprint density at radius 2 is 1.94 bits per heavy atom. The molecule has 0 saturated heterocycles. The van der Waals surface area contributed by atoms with Gasteiger partial charge in [-0.2, -0.15) is 0 Å². The molecule has 2 amide bonds.